The lowest BCUT2D eigenvalue weighted by atomic mass is 10.00. The minimum atomic E-state index is -0.832. The van der Waals surface area contributed by atoms with Crippen LogP contribution in [0.1, 0.15) is 22.8 Å². The second-order valence-electron chi connectivity index (χ2n) is 4.41. The summed E-state index contributed by atoms with van der Waals surface area (Å²) >= 11 is 0. The molecule has 0 aliphatic heterocycles. The molecule has 2 rings (SSSR count). The molecule has 1 unspecified atom stereocenters. The quantitative estimate of drug-likeness (QED) is 0.880. The fraction of sp³-hybridized carbons (Fsp3) is 0.200. The predicted molar refractivity (Wildman–Crippen MR) is 66.2 cm³/mol. The average Bonchev–Trinajstić information content (AvgIpc) is 2.27. The number of hydrogen-bond donors (Lipinski definition) is 1. The summed E-state index contributed by atoms with van der Waals surface area (Å²) in [5, 5.41) is 10.0. The first-order chi connectivity index (χ1) is 8.54. The summed E-state index contributed by atoms with van der Waals surface area (Å²) in [5.74, 6) is -0.710. The van der Waals surface area contributed by atoms with E-state index in [1.165, 1.54) is 24.3 Å². The van der Waals surface area contributed by atoms with Gasteiger partial charge in [-0.1, -0.05) is 18.2 Å². The van der Waals surface area contributed by atoms with Crippen molar-refractivity contribution in [1.82, 2.24) is 0 Å². The van der Waals surface area contributed by atoms with Gasteiger partial charge in [0.2, 0.25) is 0 Å². The molecule has 0 aliphatic rings. The van der Waals surface area contributed by atoms with E-state index in [0.717, 1.165) is 5.56 Å². The minimum absolute atomic E-state index is 0.265. The van der Waals surface area contributed by atoms with E-state index in [9.17, 15) is 13.9 Å². The first-order valence-electron chi connectivity index (χ1n) is 5.74. The highest BCUT2D eigenvalue weighted by Gasteiger charge is 2.10. The van der Waals surface area contributed by atoms with Crippen LogP contribution in [-0.2, 0) is 6.42 Å². The normalized spacial score (nSPS) is 12.4. The van der Waals surface area contributed by atoms with Crippen LogP contribution in [0.3, 0.4) is 0 Å². The van der Waals surface area contributed by atoms with E-state index in [1.54, 1.807) is 25.1 Å². The summed E-state index contributed by atoms with van der Waals surface area (Å²) in [6.07, 6.45) is -0.568. The third-order valence-corrected chi connectivity index (χ3v) is 2.77. The third kappa shape index (κ3) is 3.14. The van der Waals surface area contributed by atoms with Gasteiger partial charge in [0.1, 0.15) is 11.6 Å². The Hall–Kier alpha value is -1.74. The SMILES string of the molecule is Cc1cc(F)cc(C(O)Cc2cccc(F)c2)c1. The van der Waals surface area contributed by atoms with E-state index in [0.29, 0.717) is 11.1 Å². The summed E-state index contributed by atoms with van der Waals surface area (Å²) < 4.78 is 26.2. The van der Waals surface area contributed by atoms with Crippen molar-refractivity contribution in [2.75, 3.05) is 0 Å². The van der Waals surface area contributed by atoms with Gasteiger partial charge in [0.05, 0.1) is 6.10 Å². The minimum Gasteiger partial charge on any atom is -0.388 e. The lowest BCUT2D eigenvalue weighted by molar-refractivity contribution is 0.178. The van der Waals surface area contributed by atoms with Gasteiger partial charge < -0.3 is 5.11 Å². The van der Waals surface area contributed by atoms with Crippen LogP contribution in [0.5, 0.6) is 0 Å². The molecular formula is C15H14F2O. The number of halogens is 2. The standard InChI is InChI=1S/C15H14F2O/c1-10-5-12(9-14(17)6-10)15(18)8-11-3-2-4-13(16)7-11/h2-7,9,15,18H,8H2,1H3. The van der Waals surface area contributed by atoms with E-state index in [-0.39, 0.29) is 18.1 Å². The Morgan fingerprint density at radius 2 is 1.83 bits per heavy atom. The molecule has 0 aliphatic carbocycles. The second kappa shape index (κ2) is 5.27. The molecule has 0 bridgehead atoms. The predicted octanol–water partition coefficient (Wildman–Crippen LogP) is 3.55. The molecule has 1 N–H and O–H groups in total. The van der Waals surface area contributed by atoms with Crippen LogP contribution in [0.4, 0.5) is 8.78 Å². The zero-order valence-electron chi connectivity index (χ0n) is 10.0. The van der Waals surface area contributed by atoms with Gasteiger partial charge in [-0.25, -0.2) is 8.78 Å². The Kier molecular flexibility index (Phi) is 3.72. The molecule has 0 fully saturated rings. The number of aryl methyl sites for hydroxylation is 1. The van der Waals surface area contributed by atoms with Gasteiger partial charge >= 0.3 is 0 Å². The highest BCUT2D eigenvalue weighted by Crippen LogP contribution is 2.21. The molecule has 2 aromatic rings. The van der Waals surface area contributed by atoms with E-state index in [4.69, 9.17) is 0 Å². The van der Waals surface area contributed by atoms with Gasteiger partial charge in [0, 0.05) is 6.42 Å². The van der Waals surface area contributed by atoms with Crippen LogP contribution < -0.4 is 0 Å². The van der Waals surface area contributed by atoms with E-state index in [1.807, 2.05) is 0 Å². The van der Waals surface area contributed by atoms with Gasteiger partial charge in [-0.2, -0.15) is 0 Å². The Morgan fingerprint density at radius 3 is 2.50 bits per heavy atom. The van der Waals surface area contributed by atoms with E-state index in [2.05, 4.69) is 0 Å². The van der Waals surface area contributed by atoms with Gasteiger partial charge in [0.15, 0.2) is 0 Å². The highest BCUT2D eigenvalue weighted by atomic mass is 19.1. The molecule has 18 heavy (non-hydrogen) atoms. The highest BCUT2D eigenvalue weighted by molar-refractivity contribution is 5.27. The van der Waals surface area contributed by atoms with Crippen molar-refractivity contribution in [2.45, 2.75) is 19.4 Å². The summed E-state index contributed by atoms with van der Waals surface area (Å²) in [6.45, 7) is 1.77. The number of benzene rings is 2. The fourth-order valence-electron chi connectivity index (χ4n) is 1.96. The van der Waals surface area contributed by atoms with Crippen LogP contribution >= 0.6 is 0 Å². The Bertz CT molecular complexity index is 532. The van der Waals surface area contributed by atoms with Gasteiger partial charge in [-0.05, 0) is 47.9 Å². The molecule has 1 nitrogen and oxygen atoms in total. The Balaban J connectivity index is 2.19. The maximum atomic E-state index is 13.2. The van der Waals surface area contributed by atoms with E-state index < -0.39 is 6.10 Å². The molecule has 0 saturated carbocycles. The lowest BCUT2D eigenvalue weighted by Crippen LogP contribution is -2.03. The average molecular weight is 248 g/mol. The number of aliphatic hydroxyl groups is 1. The van der Waals surface area contributed by atoms with E-state index >= 15 is 0 Å². The topological polar surface area (TPSA) is 20.2 Å². The largest absolute Gasteiger partial charge is 0.388 e. The summed E-state index contributed by atoms with van der Waals surface area (Å²) in [4.78, 5) is 0. The van der Waals surface area contributed by atoms with Gasteiger partial charge in [-0.3, -0.25) is 0 Å². The third-order valence-electron chi connectivity index (χ3n) is 2.77. The van der Waals surface area contributed by atoms with Crippen molar-refractivity contribution in [1.29, 1.82) is 0 Å². The first-order valence-corrected chi connectivity index (χ1v) is 5.74. The Labute approximate surface area is 105 Å². The maximum absolute atomic E-state index is 13.2. The van der Waals surface area contributed by atoms with Gasteiger partial charge in [-0.15, -0.1) is 0 Å². The van der Waals surface area contributed by atoms with Crippen LogP contribution in [0, 0.1) is 18.6 Å². The molecule has 94 valence electrons. The van der Waals surface area contributed by atoms with Crippen molar-refractivity contribution in [3.8, 4) is 0 Å². The molecule has 0 amide bonds. The van der Waals surface area contributed by atoms with Crippen LogP contribution in [0.25, 0.3) is 0 Å². The first kappa shape index (κ1) is 12.7. The van der Waals surface area contributed by atoms with Gasteiger partial charge in [0.25, 0.3) is 0 Å². The molecule has 0 radical (unpaired) electrons. The molecule has 0 saturated heterocycles. The second-order valence-corrected chi connectivity index (χ2v) is 4.41. The molecule has 0 heterocycles. The molecule has 1 atom stereocenters. The van der Waals surface area contributed by atoms with Crippen LogP contribution in [-0.4, -0.2) is 5.11 Å². The molecule has 3 heteroatoms. The lowest BCUT2D eigenvalue weighted by Gasteiger charge is -2.12. The number of rotatable bonds is 3. The zero-order valence-corrected chi connectivity index (χ0v) is 10.0. The van der Waals surface area contributed by atoms with Crippen molar-refractivity contribution in [3.05, 3.63) is 70.8 Å². The molecule has 0 aromatic heterocycles. The summed E-state index contributed by atoms with van der Waals surface area (Å²) in [6, 6.07) is 10.5. The van der Waals surface area contributed by atoms with Crippen molar-refractivity contribution >= 4 is 0 Å². The zero-order chi connectivity index (χ0) is 13.1. The number of hydrogen-bond acceptors (Lipinski definition) is 1. The van der Waals surface area contributed by atoms with Crippen molar-refractivity contribution < 1.29 is 13.9 Å². The Morgan fingerprint density at radius 1 is 1.06 bits per heavy atom. The van der Waals surface area contributed by atoms with Crippen LogP contribution in [0.2, 0.25) is 0 Å². The molecule has 0 spiro atoms. The maximum Gasteiger partial charge on any atom is 0.123 e. The molecule has 2 aromatic carbocycles. The van der Waals surface area contributed by atoms with Crippen molar-refractivity contribution in [2.24, 2.45) is 0 Å². The molecular weight excluding hydrogens is 234 g/mol. The summed E-state index contributed by atoms with van der Waals surface area (Å²) in [7, 11) is 0. The van der Waals surface area contributed by atoms with Crippen molar-refractivity contribution in [3.63, 3.8) is 0 Å². The van der Waals surface area contributed by atoms with Crippen LogP contribution in [0.15, 0.2) is 42.5 Å². The summed E-state index contributed by atoms with van der Waals surface area (Å²) in [5.41, 5.74) is 1.95. The fourth-order valence-corrected chi connectivity index (χ4v) is 1.96. The smallest absolute Gasteiger partial charge is 0.123 e. The number of aliphatic hydroxyl groups excluding tert-OH is 1. The monoisotopic (exact) mass is 248 g/mol.